The van der Waals surface area contributed by atoms with Crippen molar-refractivity contribution in [2.75, 3.05) is 24.6 Å². The van der Waals surface area contributed by atoms with E-state index in [2.05, 4.69) is 5.32 Å². The maximum Gasteiger partial charge on any atom is 0.338 e. The fourth-order valence-electron chi connectivity index (χ4n) is 2.95. The lowest BCUT2D eigenvalue weighted by Crippen LogP contribution is -2.30. The van der Waals surface area contributed by atoms with Crippen molar-refractivity contribution in [3.8, 4) is 0 Å². The highest BCUT2D eigenvalue weighted by atomic mass is 16.5. The molecular formula is C21H22N2O4. The number of benzene rings is 2. The van der Waals surface area contributed by atoms with Crippen molar-refractivity contribution in [3.63, 3.8) is 0 Å². The minimum Gasteiger partial charge on any atom is -0.452 e. The van der Waals surface area contributed by atoms with Crippen LogP contribution in [0.2, 0.25) is 0 Å². The average Bonchev–Trinajstić information content (AvgIpc) is 3.13. The Morgan fingerprint density at radius 1 is 1.04 bits per heavy atom. The molecule has 0 radical (unpaired) electrons. The Kier molecular flexibility index (Phi) is 6.20. The summed E-state index contributed by atoms with van der Waals surface area (Å²) in [6.45, 7) is 0.866. The Balaban J connectivity index is 1.42. The van der Waals surface area contributed by atoms with Crippen LogP contribution in [-0.4, -0.2) is 37.5 Å². The quantitative estimate of drug-likeness (QED) is 0.763. The zero-order chi connectivity index (χ0) is 19.1. The number of carbonyl (C=O) groups is 3. The van der Waals surface area contributed by atoms with E-state index in [1.54, 1.807) is 29.2 Å². The normalized spacial score (nSPS) is 13.5. The van der Waals surface area contributed by atoms with E-state index in [4.69, 9.17) is 4.74 Å². The van der Waals surface area contributed by atoms with E-state index in [0.717, 1.165) is 24.1 Å². The number of rotatable bonds is 7. The number of nitrogens with zero attached hydrogens (tertiary/aromatic N) is 1. The predicted octanol–water partition coefficient (Wildman–Crippen LogP) is 2.33. The highest BCUT2D eigenvalue weighted by molar-refractivity contribution is 5.96. The maximum atomic E-state index is 12.1. The van der Waals surface area contributed by atoms with Gasteiger partial charge in [0.2, 0.25) is 5.91 Å². The van der Waals surface area contributed by atoms with Gasteiger partial charge in [0, 0.05) is 25.2 Å². The number of amides is 2. The van der Waals surface area contributed by atoms with Gasteiger partial charge in [0.15, 0.2) is 6.61 Å². The molecule has 1 aliphatic rings. The maximum absolute atomic E-state index is 12.1. The third-order valence-corrected chi connectivity index (χ3v) is 4.40. The molecule has 1 heterocycles. The Labute approximate surface area is 158 Å². The van der Waals surface area contributed by atoms with E-state index in [-0.39, 0.29) is 18.4 Å². The van der Waals surface area contributed by atoms with Crippen LogP contribution in [0.4, 0.5) is 5.69 Å². The molecule has 0 bridgehead atoms. The number of hydrogen-bond donors (Lipinski definition) is 1. The molecule has 2 aromatic carbocycles. The van der Waals surface area contributed by atoms with Gasteiger partial charge in [-0.3, -0.25) is 9.59 Å². The summed E-state index contributed by atoms with van der Waals surface area (Å²) in [5.74, 6) is -0.802. The van der Waals surface area contributed by atoms with E-state index < -0.39 is 5.97 Å². The van der Waals surface area contributed by atoms with Gasteiger partial charge in [-0.2, -0.15) is 0 Å². The molecule has 2 amide bonds. The van der Waals surface area contributed by atoms with Crippen molar-refractivity contribution < 1.29 is 19.1 Å². The number of carbonyl (C=O) groups excluding carboxylic acids is 3. The molecule has 0 aromatic heterocycles. The molecule has 27 heavy (non-hydrogen) atoms. The fourth-order valence-corrected chi connectivity index (χ4v) is 2.95. The number of hydrogen-bond acceptors (Lipinski definition) is 4. The minimum absolute atomic E-state index is 0.0949. The van der Waals surface area contributed by atoms with Crippen molar-refractivity contribution in [1.82, 2.24) is 5.32 Å². The summed E-state index contributed by atoms with van der Waals surface area (Å²) in [4.78, 5) is 37.3. The second kappa shape index (κ2) is 8.98. The largest absolute Gasteiger partial charge is 0.452 e. The highest BCUT2D eigenvalue weighted by Crippen LogP contribution is 2.21. The molecule has 1 saturated heterocycles. The fraction of sp³-hybridized carbons (Fsp3) is 0.286. The van der Waals surface area contributed by atoms with Gasteiger partial charge in [0.1, 0.15) is 0 Å². The van der Waals surface area contributed by atoms with Crippen LogP contribution in [0.3, 0.4) is 0 Å². The lowest BCUT2D eigenvalue weighted by Gasteiger charge is -2.15. The van der Waals surface area contributed by atoms with Crippen LogP contribution >= 0.6 is 0 Å². The summed E-state index contributed by atoms with van der Waals surface area (Å²) in [7, 11) is 0. The molecule has 1 fully saturated rings. The van der Waals surface area contributed by atoms with Crippen LogP contribution in [0.25, 0.3) is 0 Å². The number of esters is 1. The molecular weight excluding hydrogens is 344 g/mol. The second-order valence-electron chi connectivity index (χ2n) is 6.36. The molecule has 6 heteroatoms. The summed E-state index contributed by atoms with van der Waals surface area (Å²) in [5, 5.41) is 2.73. The van der Waals surface area contributed by atoms with Gasteiger partial charge < -0.3 is 15.0 Å². The first-order valence-electron chi connectivity index (χ1n) is 9.01. The van der Waals surface area contributed by atoms with Gasteiger partial charge in [-0.05, 0) is 42.7 Å². The van der Waals surface area contributed by atoms with Crippen LogP contribution in [-0.2, 0) is 20.7 Å². The number of ether oxygens (including phenoxy) is 1. The van der Waals surface area contributed by atoms with Crippen molar-refractivity contribution in [3.05, 3.63) is 65.7 Å². The Bertz CT molecular complexity index is 803. The monoisotopic (exact) mass is 366 g/mol. The van der Waals surface area contributed by atoms with Crippen molar-refractivity contribution in [2.24, 2.45) is 0 Å². The predicted molar refractivity (Wildman–Crippen MR) is 101 cm³/mol. The van der Waals surface area contributed by atoms with Gasteiger partial charge in [-0.15, -0.1) is 0 Å². The van der Waals surface area contributed by atoms with Crippen LogP contribution in [0.5, 0.6) is 0 Å². The minimum atomic E-state index is -0.562. The van der Waals surface area contributed by atoms with Crippen molar-refractivity contribution in [1.29, 1.82) is 0 Å². The van der Waals surface area contributed by atoms with Gasteiger partial charge in [0.25, 0.3) is 5.91 Å². The molecule has 3 rings (SSSR count). The highest BCUT2D eigenvalue weighted by Gasteiger charge is 2.21. The van der Waals surface area contributed by atoms with E-state index in [1.807, 2.05) is 30.3 Å². The molecule has 1 aliphatic heterocycles. The van der Waals surface area contributed by atoms with E-state index in [0.29, 0.717) is 25.1 Å². The van der Waals surface area contributed by atoms with Crippen LogP contribution in [0, 0.1) is 0 Å². The molecule has 0 spiro atoms. The van der Waals surface area contributed by atoms with Crippen LogP contribution in [0.15, 0.2) is 54.6 Å². The summed E-state index contributed by atoms with van der Waals surface area (Å²) in [6, 6.07) is 16.5. The lowest BCUT2D eigenvalue weighted by atomic mass is 10.1. The second-order valence-corrected chi connectivity index (χ2v) is 6.36. The van der Waals surface area contributed by atoms with Crippen LogP contribution in [0.1, 0.15) is 28.8 Å². The van der Waals surface area contributed by atoms with Gasteiger partial charge in [-0.25, -0.2) is 4.79 Å². The first kappa shape index (κ1) is 18.6. The van der Waals surface area contributed by atoms with Crippen molar-refractivity contribution >= 4 is 23.5 Å². The molecule has 0 unspecified atom stereocenters. The lowest BCUT2D eigenvalue weighted by molar-refractivity contribution is -0.124. The Morgan fingerprint density at radius 2 is 1.78 bits per heavy atom. The summed E-state index contributed by atoms with van der Waals surface area (Å²) >= 11 is 0. The summed E-state index contributed by atoms with van der Waals surface area (Å²) in [6.07, 6.45) is 2.13. The third kappa shape index (κ3) is 5.17. The SMILES string of the molecule is O=C(COC(=O)c1ccc(N2CCCC2=O)cc1)NCCc1ccccc1. The zero-order valence-electron chi connectivity index (χ0n) is 15.0. The smallest absolute Gasteiger partial charge is 0.338 e. The first-order chi connectivity index (χ1) is 13.1. The van der Waals surface area contributed by atoms with Crippen LogP contribution < -0.4 is 10.2 Å². The first-order valence-corrected chi connectivity index (χ1v) is 9.01. The third-order valence-electron chi connectivity index (χ3n) is 4.40. The Hall–Kier alpha value is -3.15. The average molecular weight is 366 g/mol. The topological polar surface area (TPSA) is 75.7 Å². The van der Waals surface area contributed by atoms with E-state index in [9.17, 15) is 14.4 Å². The van der Waals surface area contributed by atoms with Crippen molar-refractivity contribution in [2.45, 2.75) is 19.3 Å². The van der Waals surface area contributed by atoms with E-state index >= 15 is 0 Å². The molecule has 6 nitrogen and oxygen atoms in total. The molecule has 0 saturated carbocycles. The van der Waals surface area contributed by atoms with Gasteiger partial charge in [-0.1, -0.05) is 30.3 Å². The van der Waals surface area contributed by atoms with E-state index in [1.165, 1.54) is 0 Å². The van der Waals surface area contributed by atoms with Gasteiger partial charge in [0.05, 0.1) is 5.56 Å². The number of anilines is 1. The molecule has 0 aliphatic carbocycles. The summed E-state index contributed by atoms with van der Waals surface area (Å²) < 4.78 is 5.05. The standard InChI is InChI=1S/C21H22N2O4/c24-19(22-13-12-16-5-2-1-3-6-16)15-27-21(26)17-8-10-18(11-9-17)23-14-4-7-20(23)25/h1-3,5-6,8-11H,4,7,12-15H2,(H,22,24). The summed E-state index contributed by atoms with van der Waals surface area (Å²) in [5.41, 5.74) is 2.25. The molecule has 0 atom stereocenters. The molecule has 1 N–H and O–H groups in total. The molecule has 2 aromatic rings. The van der Waals surface area contributed by atoms with Gasteiger partial charge >= 0.3 is 5.97 Å². The molecule has 140 valence electrons. The number of nitrogens with one attached hydrogen (secondary N) is 1. The zero-order valence-corrected chi connectivity index (χ0v) is 15.0. The Morgan fingerprint density at radius 3 is 2.44 bits per heavy atom.